The van der Waals surface area contributed by atoms with Crippen LogP contribution >= 0.6 is 15.9 Å². The molecule has 152 valence electrons. The second-order valence-corrected chi connectivity index (χ2v) is 40.8. The molecule has 2 rings (SSSR count). The van der Waals surface area contributed by atoms with Gasteiger partial charge >= 0.3 is 142 Å². The van der Waals surface area contributed by atoms with Crippen LogP contribution in [0.25, 0.3) is 0 Å². The summed E-state index contributed by atoms with van der Waals surface area (Å²) in [7, 11) is 0. The van der Waals surface area contributed by atoms with E-state index in [4.69, 9.17) is 0 Å². The number of aromatic nitrogens is 2. The van der Waals surface area contributed by atoms with Gasteiger partial charge in [-0.15, -0.1) is 0 Å². The van der Waals surface area contributed by atoms with E-state index in [1.54, 1.807) is 0 Å². The molecule has 0 aliphatic heterocycles. The van der Waals surface area contributed by atoms with Gasteiger partial charge in [0.2, 0.25) is 0 Å². The number of aryl methyl sites for hydroxylation is 2. The average Bonchev–Trinajstić information content (AvgIpc) is 2.45. The number of halogens is 1. The fourth-order valence-electron chi connectivity index (χ4n) is 1.47. The molecule has 2 aromatic rings. The maximum absolute atomic E-state index is 4.54. The van der Waals surface area contributed by atoms with E-state index in [-0.39, 0.29) is 0 Å². The first-order valence-electron chi connectivity index (χ1n) is 9.32. The Morgan fingerprint density at radius 3 is 1.30 bits per heavy atom. The first-order valence-corrected chi connectivity index (χ1v) is 37.2. The first-order chi connectivity index (χ1) is 12.3. The van der Waals surface area contributed by atoms with Crippen LogP contribution in [0.4, 0.5) is 0 Å². The summed E-state index contributed by atoms with van der Waals surface area (Å²) in [5, 5.41) is 0. The standard InChI is InChI=1S/C6H6BrN.C6H6N.9CH3.3Sn/c1-5-3-2-4-6(7)8-5;1-6-4-2-3-5-7-6;;;;;;;;;;;;/h2-4H,1H3;2-4H,1H3;9*1H3;;;. The summed E-state index contributed by atoms with van der Waals surface area (Å²) in [5.41, 5.74) is 2.19. The molecule has 0 aliphatic rings. The van der Waals surface area contributed by atoms with Crippen LogP contribution in [0.2, 0.25) is 44.5 Å². The second kappa shape index (κ2) is 16.9. The number of hydrogen-bond acceptors (Lipinski definition) is 2. The van der Waals surface area contributed by atoms with Crippen molar-refractivity contribution in [3.8, 4) is 0 Å². The zero-order chi connectivity index (χ0) is 21.6. The zero-order valence-corrected chi connectivity index (χ0v) is 29.4. The minimum atomic E-state index is -1.87. The van der Waals surface area contributed by atoms with Gasteiger partial charge in [0.15, 0.2) is 0 Å². The van der Waals surface area contributed by atoms with Crippen LogP contribution in [-0.4, -0.2) is 67.9 Å². The predicted octanol–water partition coefficient (Wildman–Crippen LogP) is 6.83. The van der Waals surface area contributed by atoms with Crippen molar-refractivity contribution >= 4 is 77.5 Å². The van der Waals surface area contributed by atoms with Gasteiger partial charge in [-0.1, -0.05) is 6.07 Å². The minimum absolute atomic E-state index is 0.543. The van der Waals surface area contributed by atoms with Crippen molar-refractivity contribution in [1.29, 1.82) is 0 Å². The third kappa shape index (κ3) is 23.3. The Labute approximate surface area is 195 Å². The van der Waals surface area contributed by atoms with Crippen molar-refractivity contribution in [1.82, 2.24) is 9.97 Å². The molecule has 2 nitrogen and oxygen atoms in total. The molecular weight excluding hydrogens is 716 g/mol. The number of nitrogens with zero attached hydrogens (tertiary/aromatic N) is 2. The molecule has 0 atom stereocenters. The van der Waals surface area contributed by atoms with E-state index in [9.17, 15) is 0 Å². The Bertz CT molecular complexity index is 598. The molecule has 0 bridgehead atoms. The molecule has 0 fully saturated rings. The van der Waals surface area contributed by atoms with E-state index in [1.807, 2.05) is 25.1 Å². The van der Waals surface area contributed by atoms with Gasteiger partial charge in [-0.3, -0.25) is 0 Å². The molecule has 27 heavy (non-hydrogen) atoms. The maximum atomic E-state index is 4.54. The molecule has 0 saturated heterocycles. The summed E-state index contributed by atoms with van der Waals surface area (Å²) in [6.07, 6.45) is 0. The van der Waals surface area contributed by atoms with E-state index in [0.717, 1.165) is 16.0 Å². The molecule has 6 heteroatoms. The monoisotopic (exact) mass is 758 g/mol. The summed E-state index contributed by atoms with van der Waals surface area (Å²) < 4.78 is 2.27. The Morgan fingerprint density at radius 1 is 0.704 bits per heavy atom. The average molecular weight is 756 g/mol. The normalized spacial score (nSPS) is 10.1. The summed E-state index contributed by atoms with van der Waals surface area (Å²) >= 11 is 0.298. The van der Waals surface area contributed by atoms with Gasteiger partial charge in [-0.2, -0.15) is 0 Å². The quantitative estimate of drug-likeness (QED) is 0.236. The molecular formula is C21H39BrN2Sn3. The van der Waals surface area contributed by atoms with E-state index in [0.29, 0.717) is 0 Å². The third-order valence-corrected chi connectivity index (χ3v) is 8.13. The van der Waals surface area contributed by atoms with Crippen molar-refractivity contribution in [2.45, 2.75) is 58.3 Å². The van der Waals surface area contributed by atoms with E-state index in [2.05, 4.69) is 95.5 Å². The molecule has 0 aliphatic carbocycles. The molecule has 2 aromatic heterocycles. The van der Waals surface area contributed by atoms with Gasteiger partial charge in [0.1, 0.15) is 4.60 Å². The van der Waals surface area contributed by atoms with Gasteiger partial charge in [-0.05, 0) is 35.0 Å². The van der Waals surface area contributed by atoms with Crippen LogP contribution in [0.5, 0.6) is 0 Å². The number of hydrogen-bond donors (Lipinski definition) is 0. The molecule has 0 spiro atoms. The van der Waals surface area contributed by atoms with Crippen molar-refractivity contribution in [3.63, 3.8) is 0 Å². The van der Waals surface area contributed by atoms with Crippen LogP contribution in [0.1, 0.15) is 11.4 Å². The van der Waals surface area contributed by atoms with E-state index >= 15 is 0 Å². The SMILES string of the molecule is Cc1ccc[c]([Sn]([CH3])([CH3])[CH3])n1.Cc1cccc(Br)n1.[CH3][Sn]([CH3])[CH3].[CH3][Sn]([CH3])[CH3]. The first kappa shape index (κ1) is 30.4. The second-order valence-electron chi connectivity index (χ2n) is 8.52. The number of pyridine rings is 2. The van der Waals surface area contributed by atoms with Crippen LogP contribution in [0.15, 0.2) is 41.0 Å². The van der Waals surface area contributed by atoms with Crippen LogP contribution < -0.4 is 3.71 Å². The van der Waals surface area contributed by atoms with E-state index < -0.39 is 57.9 Å². The van der Waals surface area contributed by atoms with Crippen molar-refractivity contribution in [2.75, 3.05) is 0 Å². The van der Waals surface area contributed by atoms with Crippen LogP contribution in [0.3, 0.4) is 0 Å². The molecule has 0 amide bonds. The zero-order valence-electron chi connectivity index (χ0n) is 19.2. The molecule has 0 N–H and O–H groups in total. The van der Waals surface area contributed by atoms with Crippen molar-refractivity contribution < 1.29 is 0 Å². The van der Waals surface area contributed by atoms with Crippen LogP contribution in [-0.2, 0) is 0 Å². The predicted molar refractivity (Wildman–Crippen MR) is 135 cm³/mol. The molecule has 2 radical (unpaired) electrons. The van der Waals surface area contributed by atoms with Gasteiger partial charge < -0.3 is 0 Å². The van der Waals surface area contributed by atoms with E-state index in [1.165, 1.54) is 3.71 Å². The Balaban J connectivity index is 0. The third-order valence-electron chi connectivity index (χ3n) is 2.51. The Kier molecular flexibility index (Phi) is 19.0. The van der Waals surface area contributed by atoms with Gasteiger partial charge in [0.05, 0.1) is 0 Å². The number of rotatable bonds is 1. The summed E-state index contributed by atoms with van der Waals surface area (Å²) in [6, 6.07) is 12.2. The molecule has 0 saturated carbocycles. The summed E-state index contributed by atoms with van der Waals surface area (Å²) in [5.74, 6) is 0. The molecule has 2 heterocycles. The van der Waals surface area contributed by atoms with Crippen molar-refractivity contribution in [2.24, 2.45) is 0 Å². The van der Waals surface area contributed by atoms with Gasteiger partial charge in [0, 0.05) is 5.69 Å². The summed E-state index contributed by atoms with van der Waals surface area (Å²) in [6.45, 7) is 4.02. The topological polar surface area (TPSA) is 25.8 Å². The summed E-state index contributed by atoms with van der Waals surface area (Å²) in [4.78, 5) is 30.0. The Morgan fingerprint density at radius 2 is 1.07 bits per heavy atom. The Hall–Kier alpha value is 1.18. The van der Waals surface area contributed by atoms with Crippen LogP contribution in [0, 0.1) is 13.8 Å². The van der Waals surface area contributed by atoms with Gasteiger partial charge in [0.25, 0.3) is 0 Å². The van der Waals surface area contributed by atoms with Gasteiger partial charge in [-0.25, -0.2) is 4.98 Å². The fourth-order valence-corrected chi connectivity index (χ4v) is 5.07. The fraction of sp³-hybridized carbons (Fsp3) is 0.524. The molecule has 0 aromatic carbocycles. The molecule has 0 unspecified atom stereocenters. The van der Waals surface area contributed by atoms with Crippen molar-refractivity contribution in [3.05, 3.63) is 52.4 Å².